The Bertz CT molecular complexity index is 768. The topological polar surface area (TPSA) is 41.1 Å². The van der Waals surface area contributed by atoms with Gasteiger partial charge < -0.3 is 4.40 Å². The van der Waals surface area contributed by atoms with E-state index >= 15 is 0 Å². The van der Waals surface area contributed by atoms with Crippen molar-refractivity contribution in [3.8, 4) is 17.3 Å². The molecule has 86 valence electrons. The Morgan fingerprint density at radius 3 is 2.89 bits per heavy atom. The Morgan fingerprint density at radius 2 is 2.11 bits per heavy atom. The van der Waals surface area contributed by atoms with E-state index in [0.717, 1.165) is 16.8 Å². The van der Waals surface area contributed by atoms with Crippen LogP contribution in [-0.4, -0.2) is 9.38 Å². The third-order valence-electron chi connectivity index (χ3n) is 2.86. The van der Waals surface area contributed by atoms with E-state index in [1.165, 1.54) is 0 Å². The molecule has 3 rings (SSSR count). The van der Waals surface area contributed by atoms with Crippen molar-refractivity contribution in [2.45, 2.75) is 0 Å². The third kappa shape index (κ3) is 1.55. The van der Waals surface area contributed by atoms with Gasteiger partial charge in [0.15, 0.2) is 0 Å². The number of fused-ring (bicyclic) bond motifs is 1. The number of hydrogen-bond donors (Lipinski definition) is 0. The Hall–Kier alpha value is -2.31. The molecule has 0 aliphatic carbocycles. The minimum absolute atomic E-state index is 0.642. The summed E-state index contributed by atoms with van der Waals surface area (Å²) in [6.07, 6.45) is 5.29. The van der Waals surface area contributed by atoms with Gasteiger partial charge in [0.1, 0.15) is 6.07 Å². The molecule has 0 spiro atoms. The summed E-state index contributed by atoms with van der Waals surface area (Å²) in [5.74, 6) is 0. The van der Waals surface area contributed by atoms with Crippen molar-refractivity contribution in [2.75, 3.05) is 0 Å². The van der Waals surface area contributed by atoms with Crippen LogP contribution in [0, 0.1) is 11.3 Å². The Balaban J connectivity index is 2.36. The molecule has 0 saturated heterocycles. The van der Waals surface area contributed by atoms with E-state index in [-0.39, 0.29) is 0 Å². The summed E-state index contributed by atoms with van der Waals surface area (Å²) in [7, 11) is 0. The number of nitriles is 1. The lowest BCUT2D eigenvalue weighted by Gasteiger charge is -2.08. The average molecular weight is 254 g/mol. The molecule has 0 fully saturated rings. The van der Waals surface area contributed by atoms with Crippen molar-refractivity contribution in [3.05, 3.63) is 59.5 Å². The fourth-order valence-electron chi connectivity index (χ4n) is 2.02. The zero-order valence-corrected chi connectivity index (χ0v) is 10.1. The Morgan fingerprint density at radius 1 is 1.22 bits per heavy atom. The maximum atomic E-state index is 9.07. The molecule has 0 aliphatic rings. The van der Waals surface area contributed by atoms with E-state index < -0.39 is 0 Å². The lowest BCUT2D eigenvalue weighted by atomic mass is 10.1. The van der Waals surface area contributed by atoms with Crippen LogP contribution < -0.4 is 0 Å². The van der Waals surface area contributed by atoms with E-state index in [1.54, 1.807) is 24.5 Å². The maximum absolute atomic E-state index is 9.07. The smallest absolute Gasteiger partial charge is 0.101 e. The van der Waals surface area contributed by atoms with Crippen LogP contribution in [0.1, 0.15) is 5.56 Å². The molecule has 0 aliphatic heterocycles. The monoisotopic (exact) mass is 253 g/mol. The highest BCUT2D eigenvalue weighted by Gasteiger charge is 2.09. The van der Waals surface area contributed by atoms with E-state index in [4.69, 9.17) is 16.9 Å². The molecule has 0 amide bonds. The second-order valence-corrected chi connectivity index (χ2v) is 4.27. The molecular formula is C14H8ClN3. The molecule has 0 radical (unpaired) electrons. The van der Waals surface area contributed by atoms with E-state index in [2.05, 4.69) is 11.1 Å². The molecule has 0 N–H and O–H groups in total. The summed E-state index contributed by atoms with van der Waals surface area (Å²) in [4.78, 5) is 4.09. The minimum atomic E-state index is 0.642. The predicted octanol–water partition coefficient (Wildman–Crippen LogP) is 3.53. The standard InChI is InChI=1S/C14H8ClN3/c15-12-5-6-17-9-11(12)14-4-3-10(8-16)13-2-1-7-18(13)14/h1-7,9H. The van der Waals surface area contributed by atoms with Gasteiger partial charge in [-0.25, -0.2) is 0 Å². The first-order valence-corrected chi connectivity index (χ1v) is 5.79. The minimum Gasteiger partial charge on any atom is -0.315 e. The molecule has 3 aromatic rings. The van der Waals surface area contributed by atoms with Crippen LogP contribution >= 0.6 is 11.6 Å². The van der Waals surface area contributed by atoms with Gasteiger partial charge in [-0.3, -0.25) is 4.98 Å². The van der Waals surface area contributed by atoms with Crippen LogP contribution in [0.4, 0.5) is 0 Å². The quantitative estimate of drug-likeness (QED) is 0.666. The van der Waals surface area contributed by atoms with Gasteiger partial charge in [-0.1, -0.05) is 11.6 Å². The molecule has 0 atom stereocenters. The molecule has 3 aromatic heterocycles. The zero-order chi connectivity index (χ0) is 12.5. The summed E-state index contributed by atoms with van der Waals surface area (Å²) < 4.78 is 1.95. The maximum Gasteiger partial charge on any atom is 0.101 e. The number of nitrogens with zero attached hydrogens (tertiary/aromatic N) is 3. The SMILES string of the molecule is N#Cc1ccc(-c2cnccc2Cl)n2cccc12. The first-order valence-electron chi connectivity index (χ1n) is 5.41. The number of pyridine rings is 2. The van der Waals surface area contributed by atoms with Gasteiger partial charge in [0.05, 0.1) is 21.8 Å². The molecule has 0 aromatic carbocycles. The molecule has 0 saturated carbocycles. The van der Waals surface area contributed by atoms with Crippen molar-refractivity contribution in [2.24, 2.45) is 0 Å². The van der Waals surface area contributed by atoms with Crippen LogP contribution in [0.25, 0.3) is 16.8 Å². The summed E-state index contributed by atoms with van der Waals surface area (Å²) in [6, 6.07) is 11.4. The van der Waals surface area contributed by atoms with Crippen molar-refractivity contribution in [1.82, 2.24) is 9.38 Å². The van der Waals surface area contributed by atoms with Gasteiger partial charge >= 0.3 is 0 Å². The first kappa shape index (κ1) is 10.8. The first-order chi connectivity index (χ1) is 8.81. The van der Waals surface area contributed by atoms with Gasteiger partial charge in [0.2, 0.25) is 0 Å². The summed E-state index contributed by atoms with van der Waals surface area (Å²) >= 11 is 6.18. The summed E-state index contributed by atoms with van der Waals surface area (Å²) in [5.41, 5.74) is 3.29. The molecular weight excluding hydrogens is 246 g/mol. The van der Waals surface area contributed by atoms with Crippen molar-refractivity contribution < 1.29 is 0 Å². The van der Waals surface area contributed by atoms with E-state index in [1.807, 2.05) is 28.8 Å². The average Bonchev–Trinajstić information content (AvgIpc) is 2.88. The van der Waals surface area contributed by atoms with Crippen molar-refractivity contribution in [3.63, 3.8) is 0 Å². The lowest BCUT2D eigenvalue weighted by molar-refractivity contribution is 1.18. The van der Waals surface area contributed by atoms with Crippen LogP contribution in [0.5, 0.6) is 0 Å². The van der Waals surface area contributed by atoms with Gasteiger partial charge in [-0.15, -0.1) is 0 Å². The van der Waals surface area contributed by atoms with Crippen molar-refractivity contribution >= 4 is 17.1 Å². The molecule has 4 heteroatoms. The van der Waals surface area contributed by atoms with Gasteiger partial charge in [0, 0.05) is 24.2 Å². The Labute approximate surface area is 109 Å². The highest BCUT2D eigenvalue weighted by molar-refractivity contribution is 6.33. The second kappa shape index (κ2) is 4.17. The highest BCUT2D eigenvalue weighted by Crippen LogP contribution is 2.28. The summed E-state index contributed by atoms with van der Waals surface area (Å²) in [6.45, 7) is 0. The van der Waals surface area contributed by atoms with E-state index in [9.17, 15) is 0 Å². The summed E-state index contributed by atoms with van der Waals surface area (Å²) in [5, 5.41) is 9.71. The van der Waals surface area contributed by atoms with Crippen molar-refractivity contribution in [1.29, 1.82) is 5.26 Å². The van der Waals surface area contributed by atoms with Crippen LogP contribution in [0.3, 0.4) is 0 Å². The predicted molar refractivity (Wildman–Crippen MR) is 70.4 cm³/mol. The van der Waals surface area contributed by atoms with Crippen LogP contribution in [0.2, 0.25) is 5.02 Å². The number of hydrogen-bond acceptors (Lipinski definition) is 2. The third-order valence-corrected chi connectivity index (χ3v) is 3.19. The fourth-order valence-corrected chi connectivity index (χ4v) is 2.22. The number of aromatic nitrogens is 2. The molecule has 0 unspecified atom stereocenters. The largest absolute Gasteiger partial charge is 0.315 e. The highest BCUT2D eigenvalue weighted by atomic mass is 35.5. The Kier molecular flexibility index (Phi) is 2.51. The second-order valence-electron chi connectivity index (χ2n) is 3.86. The normalized spacial score (nSPS) is 10.4. The number of halogens is 1. The molecule has 3 heterocycles. The zero-order valence-electron chi connectivity index (χ0n) is 9.34. The number of rotatable bonds is 1. The van der Waals surface area contributed by atoms with Crippen LogP contribution in [-0.2, 0) is 0 Å². The molecule has 0 bridgehead atoms. The van der Waals surface area contributed by atoms with E-state index in [0.29, 0.717) is 10.6 Å². The molecule has 18 heavy (non-hydrogen) atoms. The van der Waals surface area contributed by atoms with Gasteiger partial charge in [-0.2, -0.15) is 5.26 Å². The van der Waals surface area contributed by atoms with Gasteiger partial charge in [-0.05, 0) is 30.3 Å². The van der Waals surface area contributed by atoms with Crippen LogP contribution in [0.15, 0.2) is 48.9 Å². The fraction of sp³-hybridized carbons (Fsp3) is 0. The van der Waals surface area contributed by atoms with Gasteiger partial charge in [0.25, 0.3) is 0 Å². The molecule has 3 nitrogen and oxygen atoms in total. The lowest BCUT2D eigenvalue weighted by Crippen LogP contribution is -1.93.